The Labute approximate surface area is 377 Å². The van der Waals surface area contributed by atoms with Crippen LogP contribution in [0.15, 0.2) is 60.8 Å². The van der Waals surface area contributed by atoms with Crippen molar-refractivity contribution in [3.63, 3.8) is 0 Å². The number of hydrogen-bond acceptors (Lipinski definition) is 6. The molecule has 0 radical (unpaired) electrons. The Balaban J connectivity index is 4.42. The van der Waals surface area contributed by atoms with Crippen LogP contribution in [0.5, 0.6) is 0 Å². The van der Waals surface area contributed by atoms with Gasteiger partial charge in [-0.3, -0.25) is 14.4 Å². The molecule has 0 aliphatic heterocycles. The van der Waals surface area contributed by atoms with E-state index in [9.17, 15) is 14.4 Å². The van der Waals surface area contributed by atoms with Crippen LogP contribution >= 0.6 is 0 Å². The Morgan fingerprint density at radius 2 is 0.639 bits per heavy atom. The maximum Gasteiger partial charge on any atom is 0.306 e. The van der Waals surface area contributed by atoms with Gasteiger partial charge in [0.05, 0.1) is 0 Å². The van der Waals surface area contributed by atoms with E-state index in [1.807, 2.05) is 0 Å². The summed E-state index contributed by atoms with van der Waals surface area (Å²) in [5.74, 6) is -0.923. The average Bonchev–Trinajstić information content (AvgIpc) is 3.26. The van der Waals surface area contributed by atoms with Crippen LogP contribution < -0.4 is 0 Å². The molecule has 0 rings (SSSR count). The fraction of sp³-hybridized carbons (Fsp3) is 0.764. The first-order valence-electron chi connectivity index (χ1n) is 25.8. The highest BCUT2D eigenvalue weighted by atomic mass is 16.6. The topological polar surface area (TPSA) is 78.9 Å². The Morgan fingerprint density at radius 3 is 1.03 bits per heavy atom. The molecule has 6 heteroatoms. The van der Waals surface area contributed by atoms with E-state index < -0.39 is 6.10 Å². The zero-order valence-electron chi connectivity index (χ0n) is 40.2. The number of unbranched alkanes of at least 4 members (excludes halogenated alkanes) is 25. The fourth-order valence-corrected chi connectivity index (χ4v) is 7.13. The van der Waals surface area contributed by atoms with E-state index in [4.69, 9.17) is 14.2 Å². The van der Waals surface area contributed by atoms with E-state index in [0.29, 0.717) is 19.3 Å². The summed E-state index contributed by atoms with van der Waals surface area (Å²) >= 11 is 0. The monoisotopic (exact) mass is 853 g/mol. The highest BCUT2D eigenvalue weighted by Crippen LogP contribution is 2.14. The molecule has 0 aliphatic rings. The highest BCUT2D eigenvalue weighted by molar-refractivity contribution is 5.71. The molecule has 0 aromatic carbocycles. The van der Waals surface area contributed by atoms with Crippen molar-refractivity contribution in [2.45, 2.75) is 258 Å². The van der Waals surface area contributed by atoms with Crippen LogP contribution in [0.2, 0.25) is 0 Å². The molecule has 0 aromatic heterocycles. The molecule has 0 saturated heterocycles. The van der Waals surface area contributed by atoms with Gasteiger partial charge in [-0.2, -0.15) is 0 Å². The van der Waals surface area contributed by atoms with Crippen molar-refractivity contribution in [2.24, 2.45) is 0 Å². The van der Waals surface area contributed by atoms with E-state index in [1.165, 1.54) is 109 Å². The Morgan fingerprint density at radius 1 is 0.344 bits per heavy atom. The van der Waals surface area contributed by atoms with Crippen LogP contribution in [0.1, 0.15) is 252 Å². The largest absolute Gasteiger partial charge is 0.462 e. The number of hydrogen-bond donors (Lipinski definition) is 0. The normalized spacial score (nSPS) is 12.5. The molecule has 0 N–H and O–H groups in total. The van der Waals surface area contributed by atoms with Crippen molar-refractivity contribution < 1.29 is 28.6 Å². The SMILES string of the molecule is CC/C=C\C/C=C\C/C=C\C/C=C\CCCCCC(=O)OCC(COC(=O)CCCCCCCCCCCCC)OC(=O)CCCCCCC/C=C\CCCCCCCCC. The Kier molecular flexibility index (Phi) is 47.4. The molecule has 0 amide bonds. The molecule has 0 spiro atoms. The molecule has 1 atom stereocenters. The molecule has 0 aromatic rings. The number of esters is 3. The number of ether oxygens (including phenoxy) is 3. The molecule has 0 heterocycles. The fourth-order valence-electron chi connectivity index (χ4n) is 7.13. The van der Waals surface area contributed by atoms with Gasteiger partial charge in [-0.1, -0.05) is 210 Å². The van der Waals surface area contributed by atoms with Crippen LogP contribution in [0.4, 0.5) is 0 Å². The predicted octanol–water partition coefficient (Wildman–Crippen LogP) is 16.9. The second kappa shape index (κ2) is 49.8. The maximum atomic E-state index is 12.8. The third-order valence-corrected chi connectivity index (χ3v) is 11.0. The summed E-state index contributed by atoms with van der Waals surface area (Å²) in [5.41, 5.74) is 0. The standard InChI is InChI=1S/C55H96O6/c1-4-7-10-13-16-19-22-24-26-28-30-33-36-39-42-45-48-54(57)60-51-52(50-59-53(56)47-44-41-38-35-32-21-18-15-12-9-6-3)61-55(58)49-46-43-40-37-34-31-29-27-25-23-20-17-14-11-8-5-2/h7,10,16,19,24,26-27,29-30,33,52H,4-6,8-9,11-15,17-18,20-23,25,28,31-32,34-51H2,1-3H3/b10-7-,19-16-,26-24-,29-27-,33-30-. The number of allylic oxidation sites excluding steroid dienone is 10. The van der Waals surface area contributed by atoms with E-state index in [2.05, 4.69) is 81.5 Å². The van der Waals surface area contributed by atoms with Crippen molar-refractivity contribution in [1.29, 1.82) is 0 Å². The first-order chi connectivity index (χ1) is 30.0. The first-order valence-corrected chi connectivity index (χ1v) is 25.8. The summed E-state index contributed by atoms with van der Waals surface area (Å²) in [6, 6.07) is 0. The zero-order chi connectivity index (χ0) is 44.4. The van der Waals surface area contributed by atoms with Gasteiger partial charge < -0.3 is 14.2 Å². The number of rotatable bonds is 46. The molecule has 1 unspecified atom stereocenters. The minimum atomic E-state index is -0.788. The molecular formula is C55H96O6. The second-order valence-corrected chi connectivity index (χ2v) is 17.1. The number of carbonyl (C=O) groups is 3. The summed E-state index contributed by atoms with van der Waals surface area (Å²) in [7, 11) is 0. The number of carbonyl (C=O) groups excluding carboxylic acids is 3. The summed E-state index contributed by atoms with van der Waals surface area (Å²) < 4.78 is 16.8. The molecule has 352 valence electrons. The molecule has 6 nitrogen and oxygen atoms in total. The van der Waals surface area contributed by atoms with Gasteiger partial charge in [0.2, 0.25) is 0 Å². The Bertz CT molecular complexity index is 1120. The summed E-state index contributed by atoms with van der Waals surface area (Å²) in [6.07, 6.45) is 60.6. The van der Waals surface area contributed by atoms with Crippen molar-refractivity contribution in [1.82, 2.24) is 0 Å². The van der Waals surface area contributed by atoms with Gasteiger partial charge in [0, 0.05) is 19.3 Å². The van der Waals surface area contributed by atoms with Crippen molar-refractivity contribution in [3.8, 4) is 0 Å². The zero-order valence-corrected chi connectivity index (χ0v) is 40.2. The molecule has 61 heavy (non-hydrogen) atoms. The van der Waals surface area contributed by atoms with Gasteiger partial charge in [-0.05, 0) is 83.5 Å². The van der Waals surface area contributed by atoms with Gasteiger partial charge in [-0.25, -0.2) is 0 Å². The van der Waals surface area contributed by atoms with Crippen molar-refractivity contribution in [3.05, 3.63) is 60.8 Å². The lowest BCUT2D eigenvalue weighted by atomic mass is 10.1. The van der Waals surface area contributed by atoms with E-state index in [0.717, 1.165) is 103 Å². The third kappa shape index (κ3) is 48.0. The second-order valence-electron chi connectivity index (χ2n) is 17.1. The van der Waals surface area contributed by atoms with Crippen LogP contribution in [-0.4, -0.2) is 37.2 Å². The predicted molar refractivity (Wildman–Crippen MR) is 261 cm³/mol. The quantitative estimate of drug-likeness (QED) is 0.0263. The van der Waals surface area contributed by atoms with Crippen molar-refractivity contribution >= 4 is 17.9 Å². The van der Waals surface area contributed by atoms with Crippen molar-refractivity contribution in [2.75, 3.05) is 13.2 Å². The van der Waals surface area contributed by atoms with E-state index in [-0.39, 0.29) is 31.1 Å². The summed E-state index contributed by atoms with van der Waals surface area (Å²) in [5, 5.41) is 0. The Hall–Kier alpha value is -2.89. The molecule has 0 saturated carbocycles. The van der Waals surface area contributed by atoms with Gasteiger partial charge in [0.15, 0.2) is 6.10 Å². The summed E-state index contributed by atoms with van der Waals surface area (Å²) in [4.78, 5) is 37.9. The molecule has 0 fully saturated rings. The first kappa shape index (κ1) is 58.1. The minimum Gasteiger partial charge on any atom is -0.462 e. The minimum absolute atomic E-state index is 0.0861. The van der Waals surface area contributed by atoms with Crippen LogP contribution in [-0.2, 0) is 28.6 Å². The smallest absolute Gasteiger partial charge is 0.306 e. The molecule has 0 aliphatic carbocycles. The van der Waals surface area contributed by atoms with Gasteiger partial charge in [0.1, 0.15) is 13.2 Å². The molecule has 0 bridgehead atoms. The lowest BCUT2D eigenvalue weighted by molar-refractivity contribution is -0.167. The summed E-state index contributed by atoms with van der Waals surface area (Å²) in [6.45, 7) is 6.49. The van der Waals surface area contributed by atoms with Gasteiger partial charge in [0.25, 0.3) is 0 Å². The van der Waals surface area contributed by atoms with Gasteiger partial charge >= 0.3 is 17.9 Å². The highest BCUT2D eigenvalue weighted by Gasteiger charge is 2.19. The molecular weight excluding hydrogens is 757 g/mol. The lowest BCUT2D eigenvalue weighted by Gasteiger charge is -2.18. The van der Waals surface area contributed by atoms with Gasteiger partial charge in [-0.15, -0.1) is 0 Å². The van der Waals surface area contributed by atoms with E-state index in [1.54, 1.807) is 0 Å². The third-order valence-electron chi connectivity index (χ3n) is 11.0. The van der Waals surface area contributed by atoms with Crippen LogP contribution in [0.3, 0.4) is 0 Å². The average molecular weight is 853 g/mol. The maximum absolute atomic E-state index is 12.8. The lowest BCUT2D eigenvalue weighted by Crippen LogP contribution is -2.30. The van der Waals surface area contributed by atoms with Crippen LogP contribution in [0.25, 0.3) is 0 Å². The van der Waals surface area contributed by atoms with Crippen LogP contribution in [0, 0.1) is 0 Å². The van der Waals surface area contributed by atoms with E-state index >= 15 is 0 Å².